The van der Waals surface area contributed by atoms with Crippen molar-refractivity contribution in [3.05, 3.63) is 30.0 Å². The number of hydrogen-bond donors (Lipinski definition) is 0. The van der Waals surface area contributed by atoms with Gasteiger partial charge in [0.05, 0.1) is 5.69 Å². The number of rotatable bonds is 2. The van der Waals surface area contributed by atoms with Crippen LogP contribution in [0.25, 0.3) is 11.3 Å². The van der Waals surface area contributed by atoms with Crippen LogP contribution in [0, 0.1) is 0 Å². The van der Waals surface area contributed by atoms with Crippen molar-refractivity contribution in [1.29, 1.82) is 0 Å². The standard InChI is InChI=1S/C12H10N2O3/c1-14-9(6-15)5-10(13-14)8-2-3-11-12(4-8)17-7-16-11/h2-6H,7H2,1H3. The Morgan fingerprint density at radius 1 is 1.29 bits per heavy atom. The molecule has 0 unspecified atom stereocenters. The Hall–Kier alpha value is -2.30. The van der Waals surface area contributed by atoms with E-state index in [1.165, 1.54) is 0 Å². The van der Waals surface area contributed by atoms with E-state index in [2.05, 4.69) is 5.10 Å². The van der Waals surface area contributed by atoms with Crippen molar-refractivity contribution < 1.29 is 14.3 Å². The summed E-state index contributed by atoms with van der Waals surface area (Å²) < 4.78 is 12.1. The Morgan fingerprint density at radius 3 is 2.88 bits per heavy atom. The first-order chi connectivity index (χ1) is 8.28. The molecule has 5 nitrogen and oxygen atoms in total. The van der Waals surface area contributed by atoms with Crippen LogP contribution in [0.1, 0.15) is 10.5 Å². The maximum Gasteiger partial charge on any atom is 0.231 e. The van der Waals surface area contributed by atoms with E-state index in [4.69, 9.17) is 9.47 Å². The lowest BCUT2D eigenvalue weighted by atomic mass is 10.1. The molecule has 0 fully saturated rings. The van der Waals surface area contributed by atoms with Gasteiger partial charge in [0.15, 0.2) is 17.8 Å². The Balaban J connectivity index is 2.06. The Kier molecular flexibility index (Phi) is 2.11. The molecule has 0 amide bonds. The Labute approximate surface area is 97.6 Å². The van der Waals surface area contributed by atoms with Gasteiger partial charge in [0.2, 0.25) is 6.79 Å². The van der Waals surface area contributed by atoms with Crippen molar-refractivity contribution in [2.45, 2.75) is 0 Å². The molecule has 86 valence electrons. The molecule has 0 atom stereocenters. The van der Waals surface area contributed by atoms with Crippen LogP contribution in [-0.4, -0.2) is 22.9 Å². The molecule has 1 aliphatic rings. The number of carbonyl (C=O) groups is 1. The van der Waals surface area contributed by atoms with Gasteiger partial charge in [-0.15, -0.1) is 0 Å². The number of aryl methyl sites for hydroxylation is 1. The van der Waals surface area contributed by atoms with E-state index in [0.717, 1.165) is 23.3 Å². The number of ether oxygens (including phenoxy) is 2. The molecule has 0 spiro atoms. The first kappa shape index (κ1) is 9.89. The molecule has 5 heteroatoms. The van der Waals surface area contributed by atoms with Gasteiger partial charge in [-0.1, -0.05) is 0 Å². The highest BCUT2D eigenvalue weighted by molar-refractivity contribution is 5.76. The van der Waals surface area contributed by atoms with Gasteiger partial charge in [0.1, 0.15) is 5.69 Å². The number of nitrogens with zero attached hydrogens (tertiary/aromatic N) is 2. The van der Waals surface area contributed by atoms with E-state index in [1.54, 1.807) is 17.8 Å². The number of fused-ring (bicyclic) bond motifs is 1. The third-order valence-electron chi connectivity index (χ3n) is 2.71. The van der Waals surface area contributed by atoms with Crippen molar-refractivity contribution in [3.8, 4) is 22.8 Å². The lowest BCUT2D eigenvalue weighted by Crippen LogP contribution is -1.95. The minimum atomic E-state index is 0.251. The van der Waals surface area contributed by atoms with Crippen LogP contribution < -0.4 is 9.47 Å². The second-order valence-corrected chi connectivity index (χ2v) is 3.76. The summed E-state index contributed by atoms with van der Waals surface area (Å²) in [5.41, 5.74) is 2.18. The van der Waals surface area contributed by atoms with Crippen LogP contribution in [0.3, 0.4) is 0 Å². The molecular weight excluding hydrogens is 220 g/mol. The second-order valence-electron chi connectivity index (χ2n) is 3.76. The van der Waals surface area contributed by atoms with E-state index in [1.807, 2.05) is 18.2 Å². The maximum atomic E-state index is 10.8. The topological polar surface area (TPSA) is 53.4 Å². The molecule has 0 saturated carbocycles. The predicted molar refractivity (Wildman–Crippen MR) is 60.2 cm³/mol. The van der Waals surface area contributed by atoms with Crippen molar-refractivity contribution in [2.24, 2.45) is 7.05 Å². The SMILES string of the molecule is Cn1nc(-c2ccc3c(c2)OCO3)cc1C=O. The lowest BCUT2D eigenvalue weighted by molar-refractivity contribution is 0.111. The molecule has 0 N–H and O–H groups in total. The zero-order chi connectivity index (χ0) is 11.8. The normalized spacial score (nSPS) is 12.8. The van der Waals surface area contributed by atoms with Gasteiger partial charge in [-0.2, -0.15) is 5.10 Å². The van der Waals surface area contributed by atoms with Gasteiger partial charge in [0, 0.05) is 12.6 Å². The van der Waals surface area contributed by atoms with E-state index < -0.39 is 0 Å². The molecule has 2 aromatic rings. The van der Waals surface area contributed by atoms with Crippen LogP contribution in [0.15, 0.2) is 24.3 Å². The van der Waals surface area contributed by atoms with Gasteiger partial charge in [0.25, 0.3) is 0 Å². The average molecular weight is 230 g/mol. The first-order valence-electron chi connectivity index (χ1n) is 5.17. The average Bonchev–Trinajstić information content (AvgIpc) is 2.93. The van der Waals surface area contributed by atoms with Gasteiger partial charge in [-0.25, -0.2) is 0 Å². The smallest absolute Gasteiger partial charge is 0.231 e. The summed E-state index contributed by atoms with van der Waals surface area (Å²) >= 11 is 0. The van der Waals surface area contributed by atoms with Crippen LogP contribution in [0.4, 0.5) is 0 Å². The zero-order valence-corrected chi connectivity index (χ0v) is 9.21. The Bertz CT molecular complexity index is 589. The molecule has 0 radical (unpaired) electrons. The maximum absolute atomic E-state index is 10.8. The summed E-state index contributed by atoms with van der Waals surface area (Å²) in [6, 6.07) is 7.33. The van der Waals surface area contributed by atoms with Crippen molar-refractivity contribution in [1.82, 2.24) is 9.78 Å². The molecular formula is C12H10N2O3. The first-order valence-corrected chi connectivity index (χ1v) is 5.17. The summed E-state index contributed by atoms with van der Waals surface area (Å²) in [5, 5.41) is 4.27. The molecule has 1 aliphatic heterocycles. The van der Waals surface area contributed by atoms with Gasteiger partial charge < -0.3 is 9.47 Å². The minimum Gasteiger partial charge on any atom is -0.454 e. The quantitative estimate of drug-likeness (QED) is 0.736. The fraction of sp³-hybridized carbons (Fsp3) is 0.167. The fourth-order valence-corrected chi connectivity index (χ4v) is 1.79. The molecule has 1 aromatic heterocycles. The molecule has 17 heavy (non-hydrogen) atoms. The highest BCUT2D eigenvalue weighted by Gasteiger charge is 2.15. The van der Waals surface area contributed by atoms with Gasteiger partial charge in [-0.3, -0.25) is 9.48 Å². The highest BCUT2D eigenvalue weighted by Crippen LogP contribution is 2.35. The summed E-state index contributed by atoms with van der Waals surface area (Å²) in [5.74, 6) is 1.45. The van der Waals surface area contributed by atoms with E-state index >= 15 is 0 Å². The van der Waals surface area contributed by atoms with Crippen molar-refractivity contribution in [3.63, 3.8) is 0 Å². The molecule has 3 rings (SSSR count). The molecule has 2 heterocycles. The minimum absolute atomic E-state index is 0.251. The number of benzene rings is 1. The van der Waals surface area contributed by atoms with E-state index in [-0.39, 0.29) is 6.79 Å². The monoisotopic (exact) mass is 230 g/mol. The van der Waals surface area contributed by atoms with E-state index in [0.29, 0.717) is 11.4 Å². The number of carbonyl (C=O) groups excluding carboxylic acids is 1. The third-order valence-corrected chi connectivity index (χ3v) is 2.71. The summed E-state index contributed by atoms with van der Waals surface area (Å²) in [6.07, 6.45) is 0.781. The fourth-order valence-electron chi connectivity index (χ4n) is 1.79. The largest absolute Gasteiger partial charge is 0.454 e. The zero-order valence-electron chi connectivity index (χ0n) is 9.21. The molecule has 0 aliphatic carbocycles. The Morgan fingerprint density at radius 2 is 2.12 bits per heavy atom. The lowest BCUT2D eigenvalue weighted by Gasteiger charge is -1.99. The summed E-state index contributed by atoms with van der Waals surface area (Å²) in [6.45, 7) is 0.251. The van der Waals surface area contributed by atoms with Crippen LogP contribution in [0.2, 0.25) is 0 Å². The van der Waals surface area contributed by atoms with Crippen molar-refractivity contribution in [2.75, 3.05) is 6.79 Å². The molecule has 0 saturated heterocycles. The van der Waals surface area contributed by atoms with E-state index in [9.17, 15) is 4.79 Å². The van der Waals surface area contributed by atoms with Gasteiger partial charge >= 0.3 is 0 Å². The number of hydrogen-bond acceptors (Lipinski definition) is 4. The van der Waals surface area contributed by atoms with Gasteiger partial charge in [-0.05, 0) is 24.3 Å². The summed E-state index contributed by atoms with van der Waals surface area (Å²) in [4.78, 5) is 10.8. The second kappa shape index (κ2) is 3.62. The van der Waals surface area contributed by atoms with Crippen LogP contribution in [0.5, 0.6) is 11.5 Å². The van der Waals surface area contributed by atoms with Crippen LogP contribution >= 0.6 is 0 Å². The predicted octanol–water partition coefficient (Wildman–Crippen LogP) is 1.63. The molecule has 0 bridgehead atoms. The number of aldehydes is 1. The summed E-state index contributed by atoms with van der Waals surface area (Å²) in [7, 11) is 1.74. The van der Waals surface area contributed by atoms with Crippen molar-refractivity contribution >= 4 is 6.29 Å². The number of aromatic nitrogens is 2. The highest BCUT2D eigenvalue weighted by atomic mass is 16.7. The van der Waals surface area contributed by atoms with Crippen LogP contribution in [-0.2, 0) is 7.05 Å². The molecule has 1 aromatic carbocycles. The third kappa shape index (κ3) is 1.56.